The Morgan fingerprint density at radius 1 is 1.57 bits per heavy atom. The molecule has 14 heavy (non-hydrogen) atoms. The van der Waals surface area contributed by atoms with Gasteiger partial charge >= 0.3 is 0 Å². The van der Waals surface area contributed by atoms with Gasteiger partial charge in [0.05, 0.1) is 0 Å². The Labute approximate surface area is 86.4 Å². The van der Waals surface area contributed by atoms with Crippen LogP contribution in [-0.2, 0) is 0 Å². The Bertz CT molecular complexity index is 152. The van der Waals surface area contributed by atoms with E-state index in [1.165, 1.54) is 5.06 Å². The average Bonchev–Trinajstić information content (AvgIpc) is 2.14. The molecule has 0 spiro atoms. The quantitative estimate of drug-likeness (QED) is 0.338. The van der Waals surface area contributed by atoms with Gasteiger partial charge in [-0.2, -0.15) is 5.06 Å². The normalized spacial score (nSPS) is 18.2. The molecule has 2 atom stereocenters. The van der Waals surface area contributed by atoms with Crippen LogP contribution in [0.4, 0.5) is 0 Å². The molecule has 0 rings (SSSR count). The predicted octanol–water partition coefficient (Wildman–Crippen LogP) is -0.301. The van der Waals surface area contributed by atoms with Gasteiger partial charge in [-0.25, -0.2) is 0 Å². The molecule has 0 heterocycles. The van der Waals surface area contributed by atoms with E-state index in [1.54, 1.807) is 6.92 Å². The summed E-state index contributed by atoms with van der Waals surface area (Å²) in [5.41, 5.74) is 10.6. The van der Waals surface area contributed by atoms with Crippen LogP contribution in [0.25, 0.3) is 0 Å². The van der Waals surface area contributed by atoms with Crippen molar-refractivity contribution in [2.24, 2.45) is 11.5 Å². The van der Waals surface area contributed by atoms with Crippen LogP contribution in [0.1, 0.15) is 27.2 Å². The Balaban J connectivity index is 4.12. The lowest BCUT2D eigenvalue weighted by Gasteiger charge is -2.38. The number of nitrogens with zero attached hydrogens (tertiary/aromatic N) is 1. The summed E-state index contributed by atoms with van der Waals surface area (Å²) in [4.78, 5) is 0. The highest BCUT2D eigenvalue weighted by atomic mass is 16.5. The van der Waals surface area contributed by atoms with Gasteiger partial charge in [-0.05, 0) is 20.3 Å². The molecule has 86 valence electrons. The number of hydroxylamine groups is 2. The molecule has 0 aromatic rings. The Morgan fingerprint density at radius 3 is 2.57 bits per heavy atom. The van der Waals surface area contributed by atoms with E-state index in [-0.39, 0.29) is 6.04 Å². The second-order valence-electron chi connectivity index (χ2n) is 3.81. The maximum atomic E-state index is 9.68. The van der Waals surface area contributed by atoms with Gasteiger partial charge in [0.15, 0.2) is 0 Å². The summed E-state index contributed by atoms with van der Waals surface area (Å²) in [7, 11) is 0. The molecule has 5 nitrogen and oxygen atoms in total. The van der Waals surface area contributed by atoms with E-state index in [0.717, 1.165) is 6.42 Å². The van der Waals surface area contributed by atoms with Gasteiger partial charge in [-0.1, -0.05) is 6.92 Å². The molecule has 0 bridgehead atoms. The minimum Gasteiger partial charge on any atom is -0.329 e. The first-order valence-corrected chi connectivity index (χ1v) is 5.15. The van der Waals surface area contributed by atoms with Gasteiger partial charge in [0, 0.05) is 25.7 Å². The topological polar surface area (TPSA) is 87.5 Å². The fourth-order valence-electron chi connectivity index (χ4n) is 1.18. The molecule has 0 fully saturated rings. The third-order valence-corrected chi connectivity index (χ3v) is 2.46. The minimum absolute atomic E-state index is 0.0115. The van der Waals surface area contributed by atoms with E-state index in [1.807, 2.05) is 13.8 Å². The molecule has 0 saturated heterocycles. The first kappa shape index (κ1) is 13.8. The maximum absolute atomic E-state index is 9.68. The zero-order valence-corrected chi connectivity index (χ0v) is 9.45. The van der Waals surface area contributed by atoms with Crippen molar-refractivity contribution in [1.29, 1.82) is 0 Å². The predicted molar refractivity (Wildman–Crippen MR) is 57.9 cm³/mol. The fourth-order valence-corrected chi connectivity index (χ4v) is 1.18. The lowest BCUT2D eigenvalue weighted by molar-refractivity contribution is -0.175. The molecule has 0 aromatic carbocycles. The van der Waals surface area contributed by atoms with Crippen molar-refractivity contribution in [1.82, 2.24) is 10.4 Å². The highest BCUT2D eigenvalue weighted by Gasteiger charge is 2.31. The minimum atomic E-state index is -0.759. The van der Waals surface area contributed by atoms with Crippen molar-refractivity contribution >= 4 is 0 Å². The van der Waals surface area contributed by atoms with Crippen LogP contribution in [0.15, 0.2) is 0 Å². The van der Waals surface area contributed by atoms with Crippen molar-refractivity contribution in [3.8, 4) is 0 Å². The van der Waals surface area contributed by atoms with Crippen LogP contribution in [0.2, 0.25) is 0 Å². The number of hydrogen-bond donors (Lipinski definition) is 4. The largest absolute Gasteiger partial charge is 0.329 e. The Kier molecular flexibility index (Phi) is 6.22. The number of hydrogen-bond acceptors (Lipinski definition) is 5. The third-order valence-electron chi connectivity index (χ3n) is 2.46. The number of rotatable bonds is 7. The zero-order chi connectivity index (χ0) is 11.2. The van der Waals surface area contributed by atoms with Crippen molar-refractivity contribution in [3.05, 3.63) is 0 Å². The molecule has 0 aliphatic carbocycles. The maximum Gasteiger partial charge on any atom is 0.105 e. The lowest BCUT2D eigenvalue weighted by atomic mass is 10.0. The van der Waals surface area contributed by atoms with E-state index in [2.05, 4.69) is 5.32 Å². The Morgan fingerprint density at radius 2 is 2.14 bits per heavy atom. The van der Waals surface area contributed by atoms with E-state index in [4.69, 9.17) is 11.5 Å². The monoisotopic (exact) mass is 204 g/mol. The summed E-state index contributed by atoms with van der Waals surface area (Å²) in [6.07, 6.45) is 0.868. The molecule has 5 heteroatoms. The van der Waals surface area contributed by atoms with Crippen LogP contribution >= 0.6 is 0 Å². The van der Waals surface area contributed by atoms with Crippen LogP contribution < -0.4 is 16.8 Å². The molecule has 0 aliphatic heterocycles. The standard InChI is InChI=1S/C9H24N4O/c1-4-7-13(14)9(3,11)8(2)12-6-5-10/h8,12,14H,4-7,10-11H2,1-3H3. The Hall–Kier alpha value is -0.200. The molecule has 0 amide bonds. The molecule has 0 aromatic heterocycles. The van der Waals surface area contributed by atoms with Gasteiger partial charge < -0.3 is 22.0 Å². The van der Waals surface area contributed by atoms with Crippen LogP contribution in [0.5, 0.6) is 0 Å². The van der Waals surface area contributed by atoms with Crippen LogP contribution in [-0.4, -0.2) is 41.6 Å². The SMILES string of the molecule is CCCN(O)C(C)(N)C(C)NCCN. The van der Waals surface area contributed by atoms with E-state index in [0.29, 0.717) is 19.6 Å². The smallest absolute Gasteiger partial charge is 0.105 e. The average molecular weight is 204 g/mol. The second kappa shape index (κ2) is 6.31. The van der Waals surface area contributed by atoms with Crippen molar-refractivity contribution < 1.29 is 5.21 Å². The summed E-state index contributed by atoms with van der Waals surface area (Å²) >= 11 is 0. The van der Waals surface area contributed by atoms with Crippen molar-refractivity contribution in [2.75, 3.05) is 19.6 Å². The summed E-state index contributed by atoms with van der Waals surface area (Å²) in [5.74, 6) is 0. The van der Waals surface area contributed by atoms with Gasteiger partial charge in [0.25, 0.3) is 0 Å². The molecule has 6 N–H and O–H groups in total. The molecule has 0 aliphatic rings. The first-order valence-electron chi connectivity index (χ1n) is 5.15. The zero-order valence-electron chi connectivity index (χ0n) is 9.45. The van der Waals surface area contributed by atoms with Crippen molar-refractivity contribution in [2.45, 2.75) is 38.9 Å². The summed E-state index contributed by atoms with van der Waals surface area (Å²) in [6.45, 7) is 7.58. The molecule has 0 radical (unpaired) electrons. The molecule has 0 saturated carbocycles. The molecular weight excluding hydrogens is 180 g/mol. The summed E-state index contributed by atoms with van der Waals surface area (Å²) in [5, 5.41) is 14.0. The second-order valence-corrected chi connectivity index (χ2v) is 3.81. The molecule has 2 unspecified atom stereocenters. The first-order chi connectivity index (χ1) is 6.46. The third kappa shape index (κ3) is 3.89. The summed E-state index contributed by atoms with van der Waals surface area (Å²) < 4.78 is 0. The summed E-state index contributed by atoms with van der Waals surface area (Å²) in [6, 6.07) is -0.0115. The van der Waals surface area contributed by atoms with Gasteiger partial charge in [-0.15, -0.1) is 0 Å². The van der Waals surface area contributed by atoms with Gasteiger partial charge in [0.2, 0.25) is 0 Å². The van der Waals surface area contributed by atoms with E-state index < -0.39 is 5.66 Å². The number of nitrogens with two attached hydrogens (primary N) is 2. The van der Waals surface area contributed by atoms with Crippen LogP contribution in [0.3, 0.4) is 0 Å². The molecular formula is C9H24N4O. The van der Waals surface area contributed by atoms with E-state index in [9.17, 15) is 5.21 Å². The van der Waals surface area contributed by atoms with E-state index >= 15 is 0 Å². The number of nitrogens with one attached hydrogen (secondary N) is 1. The van der Waals surface area contributed by atoms with Crippen LogP contribution in [0, 0.1) is 0 Å². The fraction of sp³-hybridized carbons (Fsp3) is 1.00. The van der Waals surface area contributed by atoms with Gasteiger partial charge in [-0.3, -0.25) is 0 Å². The highest BCUT2D eigenvalue weighted by Crippen LogP contribution is 2.10. The van der Waals surface area contributed by atoms with Gasteiger partial charge in [0.1, 0.15) is 5.66 Å². The van der Waals surface area contributed by atoms with Crippen molar-refractivity contribution in [3.63, 3.8) is 0 Å². The lowest BCUT2D eigenvalue weighted by Crippen LogP contribution is -2.64. The highest BCUT2D eigenvalue weighted by molar-refractivity contribution is 4.86.